The lowest BCUT2D eigenvalue weighted by Crippen LogP contribution is -2.02. The third-order valence-corrected chi connectivity index (χ3v) is 3.69. The van der Waals surface area contributed by atoms with Gasteiger partial charge in [-0.1, -0.05) is 15.9 Å². The Morgan fingerprint density at radius 1 is 1.26 bits per heavy atom. The van der Waals surface area contributed by atoms with Gasteiger partial charge >= 0.3 is 0 Å². The number of hydrogen-bond acceptors (Lipinski definition) is 3. The molecular formula is C14H17Br2NO2. The van der Waals surface area contributed by atoms with Crippen LogP contribution in [0.1, 0.15) is 31.7 Å². The monoisotopic (exact) mass is 389 g/mol. The zero-order valence-electron chi connectivity index (χ0n) is 10.9. The zero-order chi connectivity index (χ0) is 14.1. The van der Waals surface area contributed by atoms with Gasteiger partial charge in [0.1, 0.15) is 0 Å². The smallest absolute Gasteiger partial charge is 0.175 e. The lowest BCUT2D eigenvalue weighted by Gasteiger charge is -2.14. The number of hydrogen-bond donors (Lipinski definition) is 0. The number of nitrogens with zero attached hydrogens (tertiary/aromatic N) is 1. The molecule has 0 radical (unpaired) electrons. The van der Waals surface area contributed by atoms with E-state index < -0.39 is 0 Å². The number of unbranched alkanes of at least 4 members (excludes halogenated alkanes) is 2. The molecule has 0 heterocycles. The second kappa shape index (κ2) is 9.22. The first-order valence-corrected chi connectivity index (χ1v) is 8.15. The van der Waals surface area contributed by atoms with Gasteiger partial charge in [-0.25, -0.2) is 0 Å². The summed E-state index contributed by atoms with van der Waals surface area (Å²) in [4.78, 5) is 0. The van der Waals surface area contributed by atoms with E-state index in [1.165, 1.54) is 0 Å². The van der Waals surface area contributed by atoms with Gasteiger partial charge < -0.3 is 9.47 Å². The molecule has 0 aliphatic heterocycles. The van der Waals surface area contributed by atoms with Crippen molar-refractivity contribution in [3.63, 3.8) is 0 Å². The molecule has 0 fully saturated rings. The summed E-state index contributed by atoms with van der Waals surface area (Å²) in [5.41, 5.74) is 1.13. The summed E-state index contributed by atoms with van der Waals surface area (Å²) in [5, 5.41) is 9.25. The Bertz CT molecular complexity index is 444. The van der Waals surface area contributed by atoms with Gasteiger partial charge in [-0.2, -0.15) is 5.26 Å². The van der Waals surface area contributed by atoms with Crippen molar-refractivity contribution < 1.29 is 9.47 Å². The van der Waals surface area contributed by atoms with Crippen LogP contribution < -0.4 is 9.47 Å². The molecule has 0 spiro atoms. The standard InChI is InChI=1S/C14H17Br2NO2/c1-2-18-13-9-11(10-15)8-12(16)14(13)19-7-5-3-4-6-17/h8-9H,2-5,7,10H2,1H3. The second-order valence-electron chi connectivity index (χ2n) is 3.94. The number of rotatable bonds is 8. The van der Waals surface area contributed by atoms with Gasteiger partial charge in [0.15, 0.2) is 11.5 Å². The summed E-state index contributed by atoms with van der Waals surface area (Å²) in [6, 6.07) is 6.13. The highest BCUT2D eigenvalue weighted by Gasteiger charge is 2.11. The van der Waals surface area contributed by atoms with Crippen molar-refractivity contribution in [3.05, 3.63) is 22.2 Å². The van der Waals surface area contributed by atoms with Gasteiger partial charge in [0.05, 0.1) is 23.8 Å². The normalized spacial score (nSPS) is 10.0. The van der Waals surface area contributed by atoms with Crippen LogP contribution in [0.25, 0.3) is 0 Å². The van der Waals surface area contributed by atoms with E-state index in [-0.39, 0.29) is 0 Å². The number of halogens is 2. The first-order valence-electron chi connectivity index (χ1n) is 6.23. The van der Waals surface area contributed by atoms with E-state index in [4.69, 9.17) is 14.7 Å². The molecule has 0 unspecified atom stereocenters. The molecule has 104 valence electrons. The Morgan fingerprint density at radius 2 is 2.05 bits per heavy atom. The Hall–Kier alpha value is -0.730. The van der Waals surface area contributed by atoms with Gasteiger partial charge in [-0.05, 0) is 53.4 Å². The molecule has 19 heavy (non-hydrogen) atoms. The summed E-state index contributed by atoms with van der Waals surface area (Å²) in [6.45, 7) is 3.14. The minimum absolute atomic E-state index is 0.575. The SMILES string of the molecule is CCOc1cc(CBr)cc(Br)c1OCCCCC#N. The van der Waals surface area contributed by atoms with Crippen LogP contribution in [0.5, 0.6) is 11.5 Å². The van der Waals surface area contributed by atoms with Crippen LogP contribution in [0, 0.1) is 11.3 Å². The number of alkyl halides is 1. The second-order valence-corrected chi connectivity index (χ2v) is 5.35. The molecule has 0 aromatic heterocycles. The average molecular weight is 391 g/mol. The molecule has 1 aromatic carbocycles. The van der Waals surface area contributed by atoms with Crippen molar-refractivity contribution in [3.8, 4) is 17.6 Å². The van der Waals surface area contributed by atoms with Crippen molar-refractivity contribution in [1.82, 2.24) is 0 Å². The summed E-state index contributed by atoms with van der Waals surface area (Å²) < 4.78 is 12.3. The van der Waals surface area contributed by atoms with Crippen molar-refractivity contribution in [2.45, 2.75) is 31.5 Å². The fourth-order valence-corrected chi connectivity index (χ4v) is 2.51. The van der Waals surface area contributed by atoms with Gasteiger partial charge in [0.2, 0.25) is 0 Å². The van der Waals surface area contributed by atoms with E-state index in [9.17, 15) is 0 Å². The lowest BCUT2D eigenvalue weighted by molar-refractivity contribution is 0.270. The molecule has 1 rings (SSSR count). The Labute approximate surface area is 131 Å². The highest BCUT2D eigenvalue weighted by Crippen LogP contribution is 2.37. The average Bonchev–Trinajstić information content (AvgIpc) is 2.41. The van der Waals surface area contributed by atoms with Gasteiger partial charge in [-0.3, -0.25) is 0 Å². The molecule has 0 bridgehead atoms. The predicted octanol–water partition coefficient (Wildman–Crippen LogP) is 4.82. The third kappa shape index (κ3) is 5.42. The highest BCUT2D eigenvalue weighted by molar-refractivity contribution is 9.10. The maximum atomic E-state index is 8.48. The summed E-state index contributed by atoms with van der Waals surface area (Å²) in [5.74, 6) is 1.50. The van der Waals surface area contributed by atoms with Crippen LogP contribution in [0.3, 0.4) is 0 Å². The fourth-order valence-electron chi connectivity index (χ4n) is 1.58. The number of benzene rings is 1. The first-order chi connectivity index (χ1) is 9.22. The van der Waals surface area contributed by atoms with Crippen LogP contribution in [0.2, 0.25) is 0 Å². The summed E-state index contributed by atoms with van der Waals surface area (Å²) >= 11 is 6.95. The zero-order valence-corrected chi connectivity index (χ0v) is 14.1. The van der Waals surface area contributed by atoms with E-state index in [1.807, 2.05) is 19.1 Å². The molecular weight excluding hydrogens is 374 g/mol. The first kappa shape index (κ1) is 16.3. The highest BCUT2D eigenvalue weighted by atomic mass is 79.9. The van der Waals surface area contributed by atoms with Crippen LogP contribution in [-0.4, -0.2) is 13.2 Å². The molecule has 0 atom stereocenters. The number of nitriles is 1. The largest absolute Gasteiger partial charge is 0.490 e. The fraction of sp³-hybridized carbons (Fsp3) is 0.500. The Balaban J connectivity index is 2.72. The lowest BCUT2D eigenvalue weighted by atomic mass is 10.2. The molecule has 3 nitrogen and oxygen atoms in total. The molecule has 0 saturated carbocycles. The van der Waals surface area contributed by atoms with Gasteiger partial charge in [-0.15, -0.1) is 0 Å². The molecule has 0 aliphatic carbocycles. The van der Waals surface area contributed by atoms with E-state index >= 15 is 0 Å². The Morgan fingerprint density at radius 3 is 2.68 bits per heavy atom. The molecule has 0 amide bonds. The van der Waals surface area contributed by atoms with E-state index in [2.05, 4.69) is 37.9 Å². The summed E-state index contributed by atoms with van der Waals surface area (Å²) in [6.07, 6.45) is 2.30. The molecule has 0 aliphatic rings. The van der Waals surface area contributed by atoms with Crippen molar-refractivity contribution >= 4 is 31.9 Å². The van der Waals surface area contributed by atoms with Crippen LogP contribution in [-0.2, 0) is 5.33 Å². The maximum absolute atomic E-state index is 8.48. The molecule has 0 saturated heterocycles. The molecule has 0 N–H and O–H groups in total. The van der Waals surface area contributed by atoms with E-state index in [1.54, 1.807) is 0 Å². The number of ether oxygens (including phenoxy) is 2. The van der Waals surface area contributed by atoms with E-state index in [0.717, 1.165) is 39.7 Å². The predicted molar refractivity (Wildman–Crippen MR) is 82.9 cm³/mol. The summed E-state index contributed by atoms with van der Waals surface area (Å²) in [7, 11) is 0. The molecule has 5 heteroatoms. The van der Waals surface area contributed by atoms with Crippen molar-refractivity contribution in [1.29, 1.82) is 5.26 Å². The van der Waals surface area contributed by atoms with Gasteiger partial charge in [0, 0.05) is 11.8 Å². The van der Waals surface area contributed by atoms with Crippen molar-refractivity contribution in [2.75, 3.05) is 13.2 Å². The minimum Gasteiger partial charge on any atom is -0.490 e. The molecule has 1 aromatic rings. The van der Waals surface area contributed by atoms with Crippen LogP contribution >= 0.6 is 31.9 Å². The van der Waals surface area contributed by atoms with E-state index in [0.29, 0.717) is 19.6 Å². The maximum Gasteiger partial charge on any atom is 0.175 e. The van der Waals surface area contributed by atoms with Crippen molar-refractivity contribution in [2.24, 2.45) is 0 Å². The third-order valence-electron chi connectivity index (χ3n) is 2.45. The van der Waals surface area contributed by atoms with Gasteiger partial charge in [0.25, 0.3) is 0 Å². The van der Waals surface area contributed by atoms with Crippen LogP contribution in [0.4, 0.5) is 0 Å². The quantitative estimate of drug-likeness (QED) is 0.472. The Kier molecular flexibility index (Phi) is 7.92. The topological polar surface area (TPSA) is 42.2 Å². The minimum atomic E-state index is 0.575. The van der Waals surface area contributed by atoms with Crippen LogP contribution in [0.15, 0.2) is 16.6 Å².